The summed E-state index contributed by atoms with van der Waals surface area (Å²) in [6.45, 7) is 4.16. The fourth-order valence-electron chi connectivity index (χ4n) is 3.38. The molecule has 4 nitrogen and oxygen atoms in total. The summed E-state index contributed by atoms with van der Waals surface area (Å²) in [7, 11) is 1.85. The molecular formula is C22H21F3N4S. The molecule has 1 N–H and O–H groups in total. The van der Waals surface area contributed by atoms with Crippen molar-refractivity contribution in [3.8, 4) is 16.9 Å². The van der Waals surface area contributed by atoms with Crippen molar-refractivity contribution in [2.75, 3.05) is 7.05 Å². The summed E-state index contributed by atoms with van der Waals surface area (Å²) in [6.07, 6.45) is 1.38. The van der Waals surface area contributed by atoms with E-state index in [9.17, 15) is 13.2 Å². The lowest BCUT2D eigenvalue weighted by Crippen LogP contribution is -2.04. The summed E-state index contributed by atoms with van der Waals surface area (Å²) in [6, 6.07) is 11.5. The molecule has 0 aliphatic heterocycles. The van der Waals surface area contributed by atoms with Gasteiger partial charge in [0.05, 0.1) is 23.1 Å². The Morgan fingerprint density at radius 3 is 2.37 bits per heavy atom. The standard InChI is InChI=1S/C22H21F3N4S/c1-14(2)28-12-20(27-13-28)19-11-29(16-6-4-15(5-7-16)22(23,24)25)21-9-8-17(30-26-3)10-18(19)21/h4-14,26H,1-3H3. The smallest absolute Gasteiger partial charge is 0.334 e. The van der Waals surface area contributed by atoms with Crippen LogP contribution in [0.4, 0.5) is 13.2 Å². The molecule has 2 heterocycles. The molecule has 0 aliphatic carbocycles. The van der Waals surface area contributed by atoms with Gasteiger partial charge in [-0.2, -0.15) is 13.2 Å². The van der Waals surface area contributed by atoms with E-state index >= 15 is 0 Å². The number of halogens is 3. The van der Waals surface area contributed by atoms with Crippen molar-refractivity contribution < 1.29 is 13.2 Å². The van der Waals surface area contributed by atoms with Gasteiger partial charge < -0.3 is 9.13 Å². The molecule has 0 bridgehead atoms. The third kappa shape index (κ3) is 3.85. The van der Waals surface area contributed by atoms with Gasteiger partial charge in [-0.15, -0.1) is 0 Å². The Kier molecular flexibility index (Phi) is 5.38. The van der Waals surface area contributed by atoms with E-state index in [-0.39, 0.29) is 6.04 Å². The van der Waals surface area contributed by atoms with Gasteiger partial charge in [0, 0.05) is 40.0 Å². The second kappa shape index (κ2) is 7.85. The van der Waals surface area contributed by atoms with Crippen LogP contribution in [-0.2, 0) is 6.18 Å². The maximum atomic E-state index is 13.0. The molecule has 0 radical (unpaired) electrons. The maximum Gasteiger partial charge on any atom is 0.416 e. The summed E-state index contributed by atoms with van der Waals surface area (Å²) >= 11 is 1.50. The molecule has 0 saturated carbocycles. The zero-order chi connectivity index (χ0) is 21.5. The first-order chi connectivity index (χ1) is 14.3. The Hall–Kier alpha value is -2.71. The first-order valence-electron chi connectivity index (χ1n) is 9.48. The predicted octanol–water partition coefficient (Wildman–Crippen LogP) is 6.32. The molecule has 0 saturated heterocycles. The summed E-state index contributed by atoms with van der Waals surface area (Å²) in [5, 5.41) is 0.990. The fourth-order valence-corrected chi connectivity index (χ4v) is 3.93. The monoisotopic (exact) mass is 430 g/mol. The topological polar surface area (TPSA) is 34.8 Å². The van der Waals surface area contributed by atoms with Crippen molar-refractivity contribution in [3.63, 3.8) is 0 Å². The molecule has 8 heteroatoms. The average molecular weight is 430 g/mol. The van der Waals surface area contributed by atoms with Crippen LogP contribution in [0.2, 0.25) is 0 Å². The number of hydrogen-bond acceptors (Lipinski definition) is 3. The van der Waals surface area contributed by atoms with E-state index in [1.54, 1.807) is 6.33 Å². The minimum Gasteiger partial charge on any atom is -0.334 e. The van der Waals surface area contributed by atoms with Crippen LogP contribution in [0.1, 0.15) is 25.5 Å². The van der Waals surface area contributed by atoms with Gasteiger partial charge in [0.25, 0.3) is 0 Å². The largest absolute Gasteiger partial charge is 0.416 e. The second-order valence-corrected chi connectivity index (χ2v) is 8.33. The van der Waals surface area contributed by atoms with E-state index in [0.717, 1.165) is 39.2 Å². The predicted molar refractivity (Wildman–Crippen MR) is 115 cm³/mol. The first kappa shape index (κ1) is 20.6. The quantitative estimate of drug-likeness (QED) is 0.376. The van der Waals surface area contributed by atoms with E-state index in [1.807, 2.05) is 40.7 Å². The van der Waals surface area contributed by atoms with Crippen LogP contribution in [-0.4, -0.2) is 21.2 Å². The van der Waals surface area contributed by atoms with Crippen molar-refractivity contribution in [2.45, 2.75) is 31.0 Å². The van der Waals surface area contributed by atoms with Crippen molar-refractivity contribution >= 4 is 22.9 Å². The van der Waals surface area contributed by atoms with Crippen molar-refractivity contribution in [3.05, 3.63) is 66.7 Å². The Bertz CT molecular complexity index is 1170. The minimum absolute atomic E-state index is 0.282. The van der Waals surface area contributed by atoms with E-state index < -0.39 is 11.7 Å². The van der Waals surface area contributed by atoms with E-state index in [1.165, 1.54) is 24.1 Å². The van der Waals surface area contributed by atoms with Gasteiger partial charge in [-0.25, -0.2) is 4.98 Å². The first-order valence-corrected chi connectivity index (χ1v) is 10.3. The summed E-state index contributed by atoms with van der Waals surface area (Å²) in [4.78, 5) is 5.61. The normalized spacial score (nSPS) is 12.2. The highest BCUT2D eigenvalue weighted by Gasteiger charge is 2.30. The Labute approximate surface area is 176 Å². The molecule has 4 aromatic rings. The van der Waals surface area contributed by atoms with Gasteiger partial charge in [0.2, 0.25) is 0 Å². The number of alkyl halides is 3. The lowest BCUT2D eigenvalue weighted by Gasteiger charge is -2.09. The van der Waals surface area contributed by atoms with Crippen LogP contribution in [0.15, 0.2) is 66.1 Å². The number of aromatic nitrogens is 3. The van der Waals surface area contributed by atoms with Gasteiger partial charge in [-0.3, -0.25) is 4.72 Å². The third-order valence-electron chi connectivity index (χ3n) is 4.94. The Balaban J connectivity index is 1.88. The number of nitrogens with one attached hydrogen (secondary N) is 1. The number of rotatable bonds is 5. The highest BCUT2D eigenvalue weighted by Crippen LogP contribution is 2.35. The lowest BCUT2D eigenvalue weighted by atomic mass is 10.1. The second-order valence-electron chi connectivity index (χ2n) is 7.24. The maximum absolute atomic E-state index is 13.0. The number of fused-ring (bicyclic) bond motifs is 1. The summed E-state index contributed by atoms with van der Waals surface area (Å²) < 4.78 is 45.9. The Morgan fingerprint density at radius 2 is 1.77 bits per heavy atom. The van der Waals surface area contributed by atoms with Gasteiger partial charge in [0.1, 0.15) is 0 Å². The van der Waals surface area contributed by atoms with E-state index in [0.29, 0.717) is 5.69 Å². The molecule has 0 fully saturated rings. The van der Waals surface area contributed by atoms with Crippen molar-refractivity contribution in [2.24, 2.45) is 0 Å². The van der Waals surface area contributed by atoms with Crippen LogP contribution in [0.3, 0.4) is 0 Å². The van der Waals surface area contributed by atoms with Crippen LogP contribution >= 0.6 is 11.9 Å². The van der Waals surface area contributed by atoms with Gasteiger partial charge >= 0.3 is 6.18 Å². The Morgan fingerprint density at radius 1 is 1.03 bits per heavy atom. The van der Waals surface area contributed by atoms with Crippen molar-refractivity contribution in [1.82, 2.24) is 18.8 Å². The highest BCUT2D eigenvalue weighted by molar-refractivity contribution is 7.97. The molecule has 2 aromatic heterocycles. The molecule has 156 valence electrons. The fraction of sp³-hybridized carbons (Fsp3) is 0.227. The van der Waals surface area contributed by atoms with Crippen LogP contribution in [0.25, 0.3) is 27.8 Å². The summed E-state index contributed by atoms with van der Waals surface area (Å²) in [5.74, 6) is 0. The molecule has 0 atom stereocenters. The zero-order valence-corrected chi connectivity index (χ0v) is 17.6. The average Bonchev–Trinajstić information content (AvgIpc) is 3.32. The number of hydrogen-bond donors (Lipinski definition) is 1. The van der Waals surface area contributed by atoms with Crippen LogP contribution < -0.4 is 4.72 Å². The minimum atomic E-state index is -4.36. The van der Waals surface area contributed by atoms with E-state index in [2.05, 4.69) is 29.6 Å². The SMILES string of the molecule is CNSc1ccc2c(c1)c(-c1cn(C(C)C)cn1)cn2-c1ccc(C(F)(F)F)cc1. The highest BCUT2D eigenvalue weighted by atomic mass is 32.2. The molecule has 0 amide bonds. The van der Waals surface area contributed by atoms with Crippen LogP contribution in [0, 0.1) is 0 Å². The molecule has 0 unspecified atom stereocenters. The molecule has 0 spiro atoms. The lowest BCUT2D eigenvalue weighted by molar-refractivity contribution is -0.137. The number of benzene rings is 2. The van der Waals surface area contributed by atoms with Crippen molar-refractivity contribution in [1.29, 1.82) is 0 Å². The van der Waals surface area contributed by atoms with Gasteiger partial charge in [-0.1, -0.05) is 0 Å². The van der Waals surface area contributed by atoms with E-state index in [4.69, 9.17) is 0 Å². The molecule has 2 aromatic carbocycles. The van der Waals surface area contributed by atoms with Crippen LogP contribution in [0.5, 0.6) is 0 Å². The van der Waals surface area contributed by atoms with Gasteiger partial charge in [0.15, 0.2) is 0 Å². The number of nitrogens with zero attached hydrogens (tertiary/aromatic N) is 3. The number of imidazole rings is 1. The molecular weight excluding hydrogens is 409 g/mol. The third-order valence-corrected chi connectivity index (χ3v) is 5.64. The molecule has 30 heavy (non-hydrogen) atoms. The summed E-state index contributed by atoms with van der Waals surface area (Å²) in [5.41, 5.74) is 2.67. The zero-order valence-electron chi connectivity index (χ0n) is 16.7. The molecule has 0 aliphatic rings. The van der Waals surface area contributed by atoms with Gasteiger partial charge in [-0.05, 0) is 75.3 Å². The molecule has 4 rings (SSSR count).